The molecule has 0 atom stereocenters. The summed E-state index contributed by atoms with van der Waals surface area (Å²) in [7, 11) is -3.52. The van der Waals surface area contributed by atoms with Crippen molar-refractivity contribution in [2.45, 2.75) is 4.90 Å². The Morgan fingerprint density at radius 1 is 1.00 bits per heavy atom. The average Bonchev–Trinajstić information content (AvgIpc) is 2.62. The van der Waals surface area contributed by atoms with E-state index >= 15 is 0 Å². The molecule has 0 amide bonds. The van der Waals surface area contributed by atoms with Crippen molar-refractivity contribution in [2.75, 3.05) is 31.1 Å². The molecular formula is C16H16BrN3O4S. The molecule has 2 aromatic rings. The van der Waals surface area contributed by atoms with Crippen LogP contribution >= 0.6 is 15.9 Å². The minimum atomic E-state index is -3.52. The molecule has 1 aliphatic heterocycles. The predicted octanol–water partition coefficient (Wildman–Crippen LogP) is 2.87. The Balaban J connectivity index is 1.70. The Kier molecular flexibility index (Phi) is 5.07. The number of nitro benzene ring substituents is 1. The van der Waals surface area contributed by atoms with Gasteiger partial charge in [-0.05, 0) is 30.3 Å². The van der Waals surface area contributed by atoms with Gasteiger partial charge in [-0.25, -0.2) is 8.42 Å². The van der Waals surface area contributed by atoms with Crippen molar-refractivity contribution in [3.8, 4) is 0 Å². The van der Waals surface area contributed by atoms with Gasteiger partial charge in [0.2, 0.25) is 10.0 Å². The summed E-state index contributed by atoms with van der Waals surface area (Å²) in [6.45, 7) is 1.80. The van der Waals surface area contributed by atoms with E-state index in [1.54, 1.807) is 36.4 Å². The lowest BCUT2D eigenvalue weighted by atomic mass is 10.2. The van der Waals surface area contributed by atoms with Gasteiger partial charge < -0.3 is 4.90 Å². The normalized spacial score (nSPS) is 16.0. The van der Waals surface area contributed by atoms with Gasteiger partial charge in [0.25, 0.3) is 5.69 Å². The zero-order valence-electron chi connectivity index (χ0n) is 13.2. The predicted molar refractivity (Wildman–Crippen MR) is 98.2 cm³/mol. The van der Waals surface area contributed by atoms with E-state index in [2.05, 4.69) is 15.9 Å². The molecule has 1 heterocycles. The molecule has 7 nitrogen and oxygen atoms in total. The molecule has 9 heteroatoms. The first-order valence-corrected chi connectivity index (χ1v) is 9.86. The lowest BCUT2D eigenvalue weighted by molar-refractivity contribution is -0.384. The highest BCUT2D eigenvalue weighted by Crippen LogP contribution is 2.24. The first-order chi connectivity index (χ1) is 11.9. The SMILES string of the molecule is O=[N+]([O-])c1ccc(N2CCN(S(=O)(=O)c3cccc(Br)c3)CC2)cc1. The van der Waals surface area contributed by atoms with Crippen LogP contribution in [0, 0.1) is 10.1 Å². The van der Waals surface area contributed by atoms with E-state index in [0.29, 0.717) is 26.2 Å². The van der Waals surface area contributed by atoms with E-state index in [4.69, 9.17) is 0 Å². The Hall–Kier alpha value is -1.97. The third-order valence-corrected chi connectivity index (χ3v) is 6.49. The van der Waals surface area contributed by atoms with Crippen LogP contribution in [0.5, 0.6) is 0 Å². The number of halogens is 1. The van der Waals surface area contributed by atoms with E-state index in [-0.39, 0.29) is 10.6 Å². The summed E-state index contributed by atoms with van der Waals surface area (Å²) in [5, 5.41) is 10.7. The van der Waals surface area contributed by atoms with Gasteiger partial charge in [0.15, 0.2) is 0 Å². The molecule has 1 aliphatic rings. The first-order valence-electron chi connectivity index (χ1n) is 7.63. The summed E-state index contributed by atoms with van der Waals surface area (Å²) in [6, 6.07) is 13.0. The van der Waals surface area contributed by atoms with Gasteiger partial charge in [-0.2, -0.15) is 4.31 Å². The maximum atomic E-state index is 12.7. The molecule has 0 saturated carbocycles. The molecule has 0 bridgehead atoms. The van der Waals surface area contributed by atoms with Crippen molar-refractivity contribution in [3.05, 3.63) is 63.1 Å². The van der Waals surface area contributed by atoms with Crippen LogP contribution in [0.25, 0.3) is 0 Å². The van der Waals surface area contributed by atoms with Crippen LogP contribution in [0.3, 0.4) is 0 Å². The smallest absolute Gasteiger partial charge is 0.269 e. The number of benzene rings is 2. The molecule has 1 saturated heterocycles. The quantitative estimate of drug-likeness (QED) is 0.555. The van der Waals surface area contributed by atoms with Crippen LogP contribution in [0.1, 0.15) is 0 Å². The zero-order valence-corrected chi connectivity index (χ0v) is 15.6. The van der Waals surface area contributed by atoms with Gasteiger partial charge >= 0.3 is 0 Å². The fraction of sp³-hybridized carbons (Fsp3) is 0.250. The van der Waals surface area contributed by atoms with Gasteiger partial charge in [-0.3, -0.25) is 10.1 Å². The van der Waals surface area contributed by atoms with Crippen LogP contribution in [-0.2, 0) is 10.0 Å². The molecular weight excluding hydrogens is 410 g/mol. The van der Waals surface area contributed by atoms with Gasteiger partial charge in [0.05, 0.1) is 9.82 Å². The summed E-state index contributed by atoms with van der Waals surface area (Å²) >= 11 is 3.30. The number of rotatable bonds is 4. The minimum absolute atomic E-state index is 0.0413. The van der Waals surface area contributed by atoms with Crippen molar-refractivity contribution in [1.29, 1.82) is 0 Å². The topological polar surface area (TPSA) is 83.8 Å². The molecule has 0 radical (unpaired) electrons. The maximum absolute atomic E-state index is 12.7. The van der Waals surface area contributed by atoms with Crippen molar-refractivity contribution < 1.29 is 13.3 Å². The highest BCUT2D eigenvalue weighted by atomic mass is 79.9. The fourth-order valence-corrected chi connectivity index (χ4v) is 4.77. The van der Waals surface area contributed by atoms with Gasteiger partial charge in [0, 0.05) is 48.5 Å². The van der Waals surface area contributed by atoms with Crippen LogP contribution < -0.4 is 4.90 Å². The van der Waals surface area contributed by atoms with E-state index in [9.17, 15) is 18.5 Å². The molecule has 3 rings (SSSR count). The zero-order chi connectivity index (χ0) is 18.0. The lowest BCUT2D eigenvalue weighted by Gasteiger charge is -2.35. The molecule has 0 spiro atoms. The van der Waals surface area contributed by atoms with E-state index < -0.39 is 14.9 Å². The Morgan fingerprint density at radius 2 is 1.64 bits per heavy atom. The van der Waals surface area contributed by atoms with E-state index in [0.717, 1.165) is 10.2 Å². The van der Waals surface area contributed by atoms with E-state index in [1.807, 2.05) is 4.90 Å². The third-order valence-electron chi connectivity index (χ3n) is 4.10. The van der Waals surface area contributed by atoms with E-state index in [1.165, 1.54) is 16.4 Å². The average molecular weight is 426 g/mol. The summed E-state index contributed by atoms with van der Waals surface area (Å²) in [5.41, 5.74) is 0.893. The van der Waals surface area contributed by atoms with Gasteiger partial charge in [0.1, 0.15) is 0 Å². The molecule has 0 aromatic heterocycles. The first kappa shape index (κ1) is 17.8. The molecule has 132 valence electrons. The molecule has 0 N–H and O–H groups in total. The molecule has 0 unspecified atom stereocenters. The van der Waals surface area contributed by atoms with Crippen molar-refractivity contribution in [3.63, 3.8) is 0 Å². The van der Waals surface area contributed by atoms with Crippen LogP contribution in [0.15, 0.2) is 57.9 Å². The number of anilines is 1. The number of piperazine rings is 1. The summed E-state index contributed by atoms with van der Waals surface area (Å²) in [5.74, 6) is 0. The Bertz CT molecular complexity index is 879. The second-order valence-corrected chi connectivity index (χ2v) is 8.48. The second-order valence-electron chi connectivity index (χ2n) is 5.62. The number of non-ortho nitro benzene ring substituents is 1. The standard InChI is InChI=1S/C16H16BrN3O4S/c17-13-2-1-3-16(12-13)25(23,24)19-10-8-18(9-11-19)14-4-6-15(7-5-14)20(21)22/h1-7,12H,8-11H2. The summed E-state index contributed by atoms with van der Waals surface area (Å²) in [6.07, 6.45) is 0. The van der Waals surface area contributed by atoms with Crippen LogP contribution in [0.4, 0.5) is 11.4 Å². The number of hydrogen-bond acceptors (Lipinski definition) is 5. The Labute approximate surface area is 154 Å². The second kappa shape index (κ2) is 7.11. The number of nitrogens with zero attached hydrogens (tertiary/aromatic N) is 3. The summed E-state index contributed by atoms with van der Waals surface area (Å²) < 4.78 is 27.6. The summed E-state index contributed by atoms with van der Waals surface area (Å²) in [4.78, 5) is 12.6. The highest BCUT2D eigenvalue weighted by molar-refractivity contribution is 9.10. The third kappa shape index (κ3) is 3.83. The number of nitro groups is 1. The fourth-order valence-electron chi connectivity index (χ4n) is 2.75. The molecule has 2 aromatic carbocycles. The van der Waals surface area contributed by atoms with Gasteiger partial charge in [-0.15, -0.1) is 0 Å². The van der Waals surface area contributed by atoms with Crippen LogP contribution in [-0.4, -0.2) is 43.8 Å². The largest absolute Gasteiger partial charge is 0.369 e. The Morgan fingerprint density at radius 3 is 2.20 bits per heavy atom. The van der Waals surface area contributed by atoms with Crippen molar-refractivity contribution in [1.82, 2.24) is 4.31 Å². The van der Waals surface area contributed by atoms with Crippen molar-refractivity contribution in [2.24, 2.45) is 0 Å². The van der Waals surface area contributed by atoms with Crippen molar-refractivity contribution >= 4 is 37.3 Å². The van der Waals surface area contributed by atoms with Gasteiger partial charge in [-0.1, -0.05) is 22.0 Å². The van der Waals surface area contributed by atoms with Crippen LogP contribution in [0.2, 0.25) is 0 Å². The minimum Gasteiger partial charge on any atom is -0.369 e. The molecule has 1 fully saturated rings. The monoisotopic (exact) mass is 425 g/mol. The number of hydrogen-bond donors (Lipinski definition) is 0. The maximum Gasteiger partial charge on any atom is 0.269 e. The number of sulfonamides is 1. The molecule has 0 aliphatic carbocycles. The lowest BCUT2D eigenvalue weighted by Crippen LogP contribution is -2.48. The highest BCUT2D eigenvalue weighted by Gasteiger charge is 2.28. The molecule has 25 heavy (non-hydrogen) atoms.